The molecule has 0 aliphatic carbocycles. The zero-order valence-electron chi connectivity index (χ0n) is 10.6. The molecule has 0 saturated carbocycles. The van der Waals surface area contributed by atoms with Gasteiger partial charge in [-0.3, -0.25) is 0 Å². The first kappa shape index (κ1) is 13.0. The summed E-state index contributed by atoms with van der Waals surface area (Å²) < 4.78 is 5.62. The highest BCUT2D eigenvalue weighted by Gasteiger charge is 2.19. The van der Waals surface area contributed by atoms with Crippen LogP contribution in [0.25, 0.3) is 0 Å². The third-order valence-electron chi connectivity index (χ3n) is 3.13. The van der Waals surface area contributed by atoms with Crippen LogP contribution in [-0.4, -0.2) is 6.61 Å². The third-order valence-corrected chi connectivity index (χ3v) is 3.13. The molecule has 0 aromatic heterocycles. The summed E-state index contributed by atoms with van der Waals surface area (Å²) in [5.74, 6) is 1.46. The number of rotatable bonds is 6. The van der Waals surface area contributed by atoms with Gasteiger partial charge in [0, 0.05) is 11.6 Å². The van der Waals surface area contributed by atoms with E-state index in [9.17, 15) is 0 Å². The molecule has 0 bridgehead atoms. The fourth-order valence-corrected chi connectivity index (χ4v) is 2.09. The van der Waals surface area contributed by atoms with Gasteiger partial charge >= 0.3 is 0 Å². The van der Waals surface area contributed by atoms with E-state index in [0.717, 1.165) is 24.2 Å². The van der Waals surface area contributed by atoms with Crippen LogP contribution in [0.3, 0.4) is 0 Å². The molecule has 0 spiro atoms. The van der Waals surface area contributed by atoms with Crippen molar-refractivity contribution in [2.75, 3.05) is 6.61 Å². The maximum atomic E-state index is 6.31. The summed E-state index contributed by atoms with van der Waals surface area (Å²) in [6, 6.07) is 8.18. The summed E-state index contributed by atoms with van der Waals surface area (Å²) in [5.41, 5.74) is 7.45. The van der Waals surface area contributed by atoms with Crippen LogP contribution < -0.4 is 10.5 Å². The van der Waals surface area contributed by atoms with Gasteiger partial charge in [0.15, 0.2) is 0 Å². The Hall–Kier alpha value is -1.02. The van der Waals surface area contributed by atoms with E-state index < -0.39 is 0 Å². The lowest BCUT2D eigenvalue weighted by Crippen LogP contribution is -2.21. The van der Waals surface area contributed by atoms with Crippen molar-refractivity contribution in [2.24, 2.45) is 11.7 Å². The average molecular weight is 221 g/mol. The smallest absolute Gasteiger partial charge is 0.124 e. The Balaban J connectivity index is 2.92. The molecule has 1 aromatic carbocycles. The number of benzene rings is 1. The summed E-state index contributed by atoms with van der Waals surface area (Å²) in [5, 5.41) is 0. The summed E-state index contributed by atoms with van der Waals surface area (Å²) in [4.78, 5) is 0. The molecule has 16 heavy (non-hydrogen) atoms. The lowest BCUT2D eigenvalue weighted by molar-refractivity contribution is 0.323. The molecule has 0 heterocycles. The van der Waals surface area contributed by atoms with Gasteiger partial charge in [-0.05, 0) is 18.9 Å². The lowest BCUT2D eigenvalue weighted by Gasteiger charge is -2.23. The molecule has 2 nitrogen and oxygen atoms in total. The molecule has 0 fully saturated rings. The molecule has 0 aliphatic rings. The van der Waals surface area contributed by atoms with Crippen LogP contribution in [0.15, 0.2) is 24.3 Å². The van der Waals surface area contributed by atoms with E-state index in [2.05, 4.69) is 19.9 Å². The molecular weight excluding hydrogens is 198 g/mol. The molecule has 90 valence electrons. The summed E-state index contributed by atoms with van der Waals surface area (Å²) >= 11 is 0. The molecule has 2 heteroatoms. The highest BCUT2D eigenvalue weighted by molar-refractivity contribution is 5.36. The molecule has 1 rings (SSSR count). The van der Waals surface area contributed by atoms with Crippen LogP contribution in [0, 0.1) is 5.92 Å². The first-order valence-electron chi connectivity index (χ1n) is 6.21. The predicted molar refractivity (Wildman–Crippen MR) is 68.6 cm³/mol. The Morgan fingerprint density at radius 1 is 1.12 bits per heavy atom. The van der Waals surface area contributed by atoms with Gasteiger partial charge in [-0.1, -0.05) is 44.9 Å². The van der Waals surface area contributed by atoms with Crippen molar-refractivity contribution >= 4 is 0 Å². The molecule has 0 saturated heterocycles. The second-order valence-corrected chi connectivity index (χ2v) is 4.07. The Labute approximate surface area is 98.8 Å². The highest BCUT2D eigenvalue weighted by atomic mass is 16.5. The number of hydrogen-bond acceptors (Lipinski definition) is 2. The Bertz CT molecular complexity index is 307. The van der Waals surface area contributed by atoms with Crippen LogP contribution in [0.2, 0.25) is 0 Å². The first-order valence-corrected chi connectivity index (χ1v) is 6.21. The zero-order chi connectivity index (χ0) is 12.0. The van der Waals surface area contributed by atoms with Crippen molar-refractivity contribution in [3.8, 4) is 5.75 Å². The van der Waals surface area contributed by atoms with Crippen molar-refractivity contribution in [3.05, 3.63) is 29.8 Å². The lowest BCUT2D eigenvalue weighted by atomic mass is 9.89. The molecule has 0 radical (unpaired) electrons. The standard InChI is InChI=1S/C14H23NO/c1-4-11(5-2)14(15)12-9-7-8-10-13(12)16-6-3/h7-11,14H,4-6,15H2,1-3H3. The van der Waals surface area contributed by atoms with Gasteiger partial charge in [-0.15, -0.1) is 0 Å². The van der Waals surface area contributed by atoms with Gasteiger partial charge in [-0.2, -0.15) is 0 Å². The van der Waals surface area contributed by atoms with Crippen molar-refractivity contribution < 1.29 is 4.74 Å². The fraction of sp³-hybridized carbons (Fsp3) is 0.571. The van der Waals surface area contributed by atoms with E-state index >= 15 is 0 Å². The van der Waals surface area contributed by atoms with E-state index in [-0.39, 0.29) is 6.04 Å². The molecule has 1 atom stereocenters. The zero-order valence-corrected chi connectivity index (χ0v) is 10.6. The van der Waals surface area contributed by atoms with E-state index in [0.29, 0.717) is 12.5 Å². The maximum Gasteiger partial charge on any atom is 0.124 e. The SMILES string of the molecule is CCOc1ccccc1C(N)C(CC)CC. The average Bonchev–Trinajstić information content (AvgIpc) is 2.31. The van der Waals surface area contributed by atoms with Gasteiger partial charge in [0.1, 0.15) is 5.75 Å². The summed E-state index contributed by atoms with van der Waals surface area (Å²) in [6.45, 7) is 7.07. The topological polar surface area (TPSA) is 35.2 Å². The van der Waals surface area contributed by atoms with Crippen LogP contribution in [0.5, 0.6) is 5.75 Å². The minimum absolute atomic E-state index is 0.0812. The number of nitrogens with two attached hydrogens (primary N) is 1. The number of para-hydroxylation sites is 1. The highest BCUT2D eigenvalue weighted by Crippen LogP contribution is 2.31. The van der Waals surface area contributed by atoms with Gasteiger partial charge in [0.2, 0.25) is 0 Å². The van der Waals surface area contributed by atoms with Gasteiger partial charge < -0.3 is 10.5 Å². The molecule has 2 N–H and O–H groups in total. The van der Waals surface area contributed by atoms with Crippen molar-refractivity contribution in [3.63, 3.8) is 0 Å². The summed E-state index contributed by atoms with van der Waals surface area (Å²) in [7, 11) is 0. The quantitative estimate of drug-likeness (QED) is 0.797. The monoisotopic (exact) mass is 221 g/mol. The van der Waals surface area contributed by atoms with Crippen LogP contribution in [0.4, 0.5) is 0 Å². The van der Waals surface area contributed by atoms with E-state index in [4.69, 9.17) is 10.5 Å². The largest absolute Gasteiger partial charge is 0.494 e. The Morgan fingerprint density at radius 3 is 2.31 bits per heavy atom. The Kier molecular flexibility index (Phi) is 5.33. The molecule has 1 unspecified atom stereocenters. The van der Waals surface area contributed by atoms with Gasteiger partial charge in [0.05, 0.1) is 6.61 Å². The van der Waals surface area contributed by atoms with Crippen molar-refractivity contribution in [1.29, 1.82) is 0 Å². The van der Waals surface area contributed by atoms with Crippen LogP contribution in [-0.2, 0) is 0 Å². The summed E-state index contributed by atoms with van der Waals surface area (Å²) in [6.07, 6.45) is 2.22. The fourth-order valence-electron chi connectivity index (χ4n) is 2.09. The number of ether oxygens (including phenoxy) is 1. The van der Waals surface area contributed by atoms with E-state index in [1.54, 1.807) is 0 Å². The number of hydrogen-bond donors (Lipinski definition) is 1. The van der Waals surface area contributed by atoms with Gasteiger partial charge in [-0.25, -0.2) is 0 Å². The van der Waals surface area contributed by atoms with E-state index in [1.165, 1.54) is 0 Å². The third kappa shape index (κ3) is 2.99. The minimum Gasteiger partial charge on any atom is -0.494 e. The molecule has 0 amide bonds. The Morgan fingerprint density at radius 2 is 1.75 bits per heavy atom. The molecular formula is C14H23NO. The van der Waals surface area contributed by atoms with E-state index in [1.807, 2.05) is 25.1 Å². The molecule has 1 aromatic rings. The van der Waals surface area contributed by atoms with Crippen LogP contribution in [0.1, 0.15) is 45.2 Å². The molecule has 0 aliphatic heterocycles. The first-order chi connectivity index (χ1) is 7.74. The minimum atomic E-state index is 0.0812. The van der Waals surface area contributed by atoms with Crippen LogP contribution >= 0.6 is 0 Å². The predicted octanol–water partition coefficient (Wildman–Crippen LogP) is 3.52. The normalized spacial score (nSPS) is 12.8. The van der Waals surface area contributed by atoms with Crippen molar-refractivity contribution in [1.82, 2.24) is 0 Å². The second kappa shape index (κ2) is 6.54. The maximum absolute atomic E-state index is 6.31. The second-order valence-electron chi connectivity index (χ2n) is 4.07. The van der Waals surface area contributed by atoms with Gasteiger partial charge in [0.25, 0.3) is 0 Å². The van der Waals surface area contributed by atoms with Crippen molar-refractivity contribution in [2.45, 2.75) is 39.7 Å².